The van der Waals surface area contributed by atoms with E-state index in [1.807, 2.05) is 12.1 Å². The Labute approximate surface area is 117 Å². The third-order valence-corrected chi connectivity index (χ3v) is 3.64. The molecule has 1 aromatic heterocycles. The number of aromatic nitrogens is 3. The van der Waals surface area contributed by atoms with Gasteiger partial charge in [0.15, 0.2) is 0 Å². The van der Waals surface area contributed by atoms with Crippen molar-refractivity contribution in [1.82, 2.24) is 19.9 Å². The van der Waals surface area contributed by atoms with Crippen LogP contribution in [-0.4, -0.2) is 45.7 Å². The fraction of sp³-hybridized carbons (Fsp3) is 0.500. The smallest absolute Gasteiger partial charge is 0.278 e. The van der Waals surface area contributed by atoms with Crippen LogP contribution in [0.15, 0.2) is 29.1 Å². The molecule has 6 heteroatoms. The molecule has 3 rings (SSSR count). The first-order chi connectivity index (χ1) is 9.78. The van der Waals surface area contributed by atoms with E-state index in [9.17, 15) is 4.79 Å². The number of fused-ring (bicyclic) bond motifs is 1. The topological polar surface area (TPSA) is 60.2 Å². The summed E-state index contributed by atoms with van der Waals surface area (Å²) >= 11 is 0. The first-order valence-electron chi connectivity index (χ1n) is 6.94. The number of ether oxygens (including phenoxy) is 1. The Kier molecular flexibility index (Phi) is 3.75. The minimum Gasteiger partial charge on any atom is -0.376 e. The minimum atomic E-state index is -0.0878. The van der Waals surface area contributed by atoms with Gasteiger partial charge in [-0.05, 0) is 18.6 Å². The molecule has 1 unspecified atom stereocenters. The van der Waals surface area contributed by atoms with Crippen LogP contribution in [0.25, 0.3) is 10.9 Å². The normalized spacial score (nSPS) is 20.4. The highest BCUT2D eigenvalue weighted by Gasteiger charge is 2.19. The number of hydrogen-bond donors (Lipinski definition) is 0. The predicted octanol–water partition coefficient (Wildman–Crippen LogP) is 0.860. The van der Waals surface area contributed by atoms with E-state index < -0.39 is 0 Å². The molecule has 106 valence electrons. The Morgan fingerprint density at radius 1 is 1.40 bits per heavy atom. The van der Waals surface area contributed by atoms with Gasteiger partial charge in [0.2, 0.25) is 0 Å². The lowest BCUT2D eigenvalue weighted by atomic mass is 10.2. The van der Waals surface area contributed by atoms with Gasteiger partial charge in [-0.15, -0.1) is 5.10 Å². The molecule has 0 saturated carbocycles. The Morgan fingerprint density at radius 3 is 3.10 bits per heavy atom. The molecule has 1 aromatic carbocycles. The van der Waals surface area contributed by atoms with Crippen molar-refractivity contribution in [2.45, 2.75) is 26.1 Å². The molecule has 2 heterocycles. The molecule has 0 aliphatic carbocycles. The molecule has 1 saturated heterocycles. The Morgan fingerprint density at radius 2 is 2.25 bits per heavy atom. The number of hydrogen-bond acceptors (Lipinski definition) is 5. The lowest BCUT2D eigenvalue weighted by molar-refractivity contribution is -0.0418. The predicted molar refractivity (Wildman–Crippen MR) is 75.4 cm³/mol. The van der Waals surface area contributed by atoms with Gasteiger partial charge in [-0.1, -0.05) is 24.3 Å². The number of benzene rings is 1. The van der Waals surface area contributed by atoms with Gasteiger partial charge in [-0.2, -0.15) is 4.68 Å². The van der Waals surface area contributed by atoms with E-state index in [-0.39, 0.29) is 11.7 Å². The van der Waals surface area contributed by atoms with E-state index in [4.69, 9.17) is 4.74 Å². The second-order valence-electron chi connectivity index (χ2n) is 5.03. The Bertz CT molecular complexity index is 655. The summed E-state index contributed by atoms with van der Waals surface area (Å²) in [6, 6.07) is 7.29. The molecule has 2 aromatic rings. The maximum absolute atomic E-state index is 12.4. The van der Waals surface area contributed by atoms with E-state index in [2.05, 4.69) is 22.1 Å². The summed E-state index contributed by atoms with van der Waals surface area (Å²) in [6.45, 7) is 4.93. The Hall–Kier alpha value is -1.79. The van der Waals surface area contributed by atoms with Crippen LogP contribution >= 0.6 is 0 Å². The zero-order valence-corrected chi connectivity index (χ0v) is 11.5. The van der Waals surface area contributed by atoms with Crippen molar-refractivity contribution in [3.8, 4) is 0 Å². The zero-order chi connectivity index (χ0) is 13.9. The van der Waals surface area contributed by atoms with Gasteiger partial charge in [0.25, 0.3) is 5.56 Å². The third kappa shape index (κ3) is 2.57. The lowest BCUT2D eigenvalue weighted by Crippen LogP contribution is -2.45. The fourth-order valence-corrected chi connectivity index (χ4v) is 2.46. The van der Waals surface area contributed by atoms with Crippen molar-refractivity contribution in [3.63, 3.8) is 0 Å². The quantitative estimate of drug-likeness (QED) is 0.831. The molecule has 6 nitrogen and oxygen atoms in total. The highest BCUT2D eigenvalue weighted by Crippen LogP contribution is 2.09. The molecular weight excluding hydrogens is 256 g/mol. The third-order valence-electron chi connectivity index (χ3n) is 3.64. The van der Waals surface area contributed by atoms with Gasteiger partial charge in [0, 0.05) is 13.1 Å². The maximum atomic E-state index is 12.4. The van der Waals surface area contributed by atoms with Crippen LogP contribution in [0.4, 0.5) is 0 Å². The molecule has 1 aliphatic heterocycles. The summed E-state index contributed by atoms with van der Waals surface area (Å²) < 4.78 is 7.06. The van der Waals surface area contributed by atoms with Crippen LogP contribution in [0.1, 0.15) is 13.3 Å². The lowest BCUT2D eigenvalue weighted by Gasteiger charge is -2.32. The van der Waals surface area contributed by atoms with Crippen molar-refractivity contribution in [3.05, 3.63) is 34.6 Å². The summed E-state index contributed by atoms with van der Waals surface area (Å²) in [4.78, 5) is 14.5. The SMILES string of the molecule is CCC1CN(Cn2nnc3ccccc3c2=O)CCO1. The number of rotatable bonds is 3. The molecule has 1 atom stereocenters. The summed E-state index contributed by atoms with van der Waals surface area (Å²) in [7, 11) is 0. The van der Waals surface area contributed by atoms with Gasteiger partial charge in [-0.25, -0.2) is 0 Å². The largest absolute Gasteiger partial charge is 0.376 e. The van der Waals surface area contributed by atoms with Gasteiger partial charge < -0.3 is 4.74 Å². The van der Waals surface area contributed by atoms with Gasteiger partial charge >= 0.3 is 0 Å². The number of morpholine rings is 1. The molecule has 0 bridgehead atoms. The summed E-state index contributed by atoms with van der Waals surface area (Å²) in [5.41, 5.74) is 0.553. The van der Waals surface area contributed by atoms with E-state index in [1.165, 1.54) is 4.68 Å². The van der Waals surface area contributed by atoms with Crippen molar-refractivity contribution >= 4 is 10.9 Å². The van der Waals surface area contributed by atoms with Crippen molar-refractivity contribution in [2.24, 2.45) is 0 Å². The van der Waals surface area contributed by atoms with Crippen LogP contribution in [0.3, 0.4) is 0 Å². The van der Waals surface area contributed by atoms with E-state index >= 15 is 0 Å². The second-order valence-corrected chi connectivity index (χ2v) is 5.03. The number of nitrogens with zero attached hydrogens (tertiary/aromatic N) is 4. The highest BCUT2D eigenvalue weighted by molar-refractivity contribution is 5.76. The molecule has 0 spiro atoms. The van der Waals surface area contributed by atoms with Crippen LogP contribution in [0.2, 0.25) is 0 Å². The highest BCUT2D eigenvalue weighted by atomic mass is 16.5. The molecule has 0 radical (unpaired) electrons. The molecule has 0 N–H and O–H groups in total. The molecular formula is C14H18N4O2. The van der Waals surface area contributed by atoms with Crippen molar-refractivity contribution in [1.29, 1.82) is 0 Å². The molecule has 1 fully saturated rings. The fourth-order valence-electron chi connectivity index (χ4n) is 2.46. The first kappa shape index (κ1) is 13.2. The zero-order valence-electron chi connectivity index (χ0n) is 11.5. The van der Waals surface area contributed by atoms with Crippen LogP contribution in [0.5, 0.6) is 0 Å². The standard InChI is InChI=1S/C14H18N4O2/c1-2-11-9-17(7-8-20-11)10-18-14(19)12-5-3-4-6-13(12)15-16-18/h3-6,11H,2,7-10H2,1H3. The van der Waals surface area contributed by atoms with Crippen LogP contribution in [-0.2, 0) is 11.4 Å². The summed E-state index contributed by atoms with van der Waals surface area (Å²) in [6.07, 6.45) is 1.22. The van der Waals surface area contributed by atoms with E-state index in [0.717, 1.165) is 19.5 Å². The molecule has 1 aliphatic rings. The van der Waals surface area contributed by atoms with Crippen molar-refractivity contribution < 1.29 is 4.74 Å². The monoisotopic (exact) mass is 274 g/mol. The van der Waals surface area contributed by atoms with E-state index in [1.54, 1.807) is 12.1 Å². The summed E-state index contributed by atoms with van der Waals surface area (Å²) in [5.74, 6) is 0. The van der Waals surface area contributed by atoms with Crippen LogP contribution < -0.4 is 5.56 Å². The Balaban J connectivity index is 1.84. The first-order valence-corrected chi connectivity index (χ1v) is 6.94. The van der Waals surface area contributed by atoms with Crippen molar-refractivity contribution in [2.75, 3.05) is 19.7 Å². The van der Waals surface area contributed by atoms with Gasteiger partial charge in [0.05, 0.1) is 24.8 Å². The average Bonchev–Trinajstić information content (AvgIpc) is 2.50. The molecule has 20 heavy (non-hydrogen) atoms. The van der Waals surface area contributed by atoms with Gasteiger partial charge in [0.1, 0.15) is 5.52 Å². The van der Waals surface area contributed by atoms with Gasteiger partial charge in [-0.3, -0.25) is 9.69 Å². The molecule has 0 amide bonds. The second kappa shape index (κ2) is 5.68. The minimum absolute atomic E-state index is 0.0878. The average molecular weight is 274 g/mol. The van der Waals surface area contributed by atoms with E-state index in [0.29, 0.717) is 24.2 Å². The maximum Gasteiger partial charge on any atom is 0.278 e. The van der Waals surface area contributed by atoms with Crippen LogP contribution in [0, 0.1) is 0 Å². The summed E-state index contributed by atoms with van der Waals surface area (Å²) in [5, 5.41) is 8.74.